The summed E-state index contributed by atoms with van der Waals surface area (Å²) in [5.41, 5.74) is 0.796. The van der Waals surface area contributed by atoms with Gasteiger partial charge in [-0.25, -0.2) is 0 Å². The molecule has 1 rings (SSSR count). The van der Waals surface area contributed by atoms with E-state index < -0.39 is 5.97 Å². The van der Waals surface area contributed by atoms with E-state index in [1.54, 1.807) is 6.08 Å². The normalized spacial score (nSPS) is 19.6. The summed E-state index contributed by atoms with van der Waals surface area (Å²) in [5.74, 6) is -0.616. The van der Waals surface area contributed by atoms with Crippen LogP contribution in [0.1, 0.15) is 58.3 Å². The van der Waals surface area contributed by atoms with Gasteiger partial charge in [-0.2, -0.15) is 0 Å². The number of ketones is 1. The fourth-order valence-corrected chi connectivity index (χ4v) is 2.49. The number of unbranched alkanes of at least 4 members (excludes halogenated alkanes) is 5. The van der Waals surface area contributed by atoms with Gasteiger partial charge in [0.1, 0.15) is 0 Å². The molecule has 126 valence electrons. The number of carbonyl (C=O) groups excluding carboxylic acids is 1. The Labute approximate surface area is 139 Å². The van der Waals surface area contributed by atoms with E-state index >= 15 is 0 Å². The zero-order valence-electron chi connectivity index (χ0n) is 14.0. The molecule has 0 aromatic carbocycles. The topological polar surface area (TPSA) is 54.4 Å². The molecule has 0 fully saturated rings. The molecule has 0 bridgehead atoms. The van der Waals surface area contributed by atoms with Crippen LogP contribution in [0.5, 0.6) is 0 Å². The average molecular weight is 316 g/mol. The molecule has 1 unspecified atom stereocenters. The zero-order valence-corrected chi connectivity index (χ0v) is 14.0. The van der Waals surface area contributed by atoms with Gasteiger partial charge in [0.05, 0.1) is 0 Å². The first-order valence-corrected chi connectivity index (χ1v) is 8.63. The number of hydrogen-bond donors (Lipinski definition) is 1. The third-order valence-corrected chi connectivity index (χ3v) is 3.84. The van der Waals surface area contributed by atoms with Crippen LogP contribution in [0.4, 0.5) is 0 Å². The Morgan fingerprint density at radius 1 is 1.17 bits per heavy atom. The summed E-state index contributed by atoms with van der Waals surface area (Å²) in [6.45, 7) is 2.21. The molecule has 3 heteroatoms. The number of carbonyl (C=O) groups is 2. The van der Waals surface area contributed by atoms with Crippen molar-refractivity contribution in [3.63, 3.8) is 0 Å². The largest absolute Gasteiger partial charge is 0.481 e. The van der Waals surface area contributed by atoms with Gasteiger partial charge in [0, 0.05) is 17.9 Å². The molecule has 1 aliphatic carbocycles. The predicted molar refractivity (Wildman–Crippen MR) is 94.2 cm³/mol. The second kappa shape index (κ2) is 11.6. The molecule has 0 saturated carbocycles. The molecule has 1 atom stereocenters. The number of rotatable bonds is 11. The maximum atomic E-state index is 11.9. The lowest BCUT2D eigenvalue weighted by molar-refractivity contribution is -0.137. The van der Waals surface area contributed by atoms with Gasteiger partial charge in [0.2, 0.25) is 0 Å². The van der Waals surface area contributed by atoms with Crippen LogP contribution >= 0.6 is 0 Å². The van der Waals surface area contributed by atoms with Gasteiger partial charge >= 0.3 is 5.97 Å². The molecule has 0 aromatic heterocycles. The van der Waals surface area contributed by atoms with Crippen molar-refractivity contribution in [2.24, 2.45) is 5.92 Å². The summed E-state index contributed by atoms with van der Waals surface area (Å²) < 4.78 is 0. The van der Waals surface area contributed by atoms with Crippen LogP contribution in [-0.2, 0) is 9.59 Å². The van der Waals surface area contributed by atoms with E-state index in [9.17, 15) is 9.59 Å². The molecular formula is C20H28O3. The molecule has 1 N–H and O–H groups in total. The zero-order chi connectivity index (χ0) is 16.9. The fourth-order valence-electron chi connectivity index (χ4n) is 2.49. The van der Waals surface area contributed by atoms with Crippen LogP contribution in [0.15, 0.2) is 48.1 Å². The molecule has 0 aromatic rings. The first-order chi connectivity index (χ1) is 11.1. The van der Waals surface area contributed by atoms with Crippen LogP contribution in [-0.4, -0.2) is 16.9 Å². The van der Waals surface area contributed by atoms with Gasteiger partial charge in [-0.05, 0) is 31.8 Å². The number of hydrogen-bond acceptors (Lipinski definition) is 2. The van der Waals surface area contributed by atoms with Gasteiger partial charge in [-0.1, -0.05) is 62.6 Å². The smallest absolute Gasteiger partial charge is 0.303 e. The van der Waals surface area contributed by atoms with Crippen molar-refractivity contribution in [2.45, 2.75) is 58.3 Å². The molecular weight excluding hydrogens is 288 g/mol. The molecule has 23 heavy (non-hydrogen) atoms. The van der Waals surface area contributed by atoms with Crippen LogP contribution in [0.2, 0.25) is 0 Å². The predicted octanol–water partition coefficient (Wildman–Crippen LogP) is 5.01. The van der Waals surface area contributed by atoms with Crippen LogP contribution < -0.4 is 0 Å². The minimum atomic E-state index is -0.768. The minimum absolute atomic E-state index is 0.0702. The SMILES string of the molecule is CCCCCCC=CC1C=CC(=O)C1=CC=CCCCC(=O)O. The van der Waals surface area contributed by atoms with Gasteiger partial charge in [-0.3, -0.25) is 9.59 Å². The van der Waals surface area contributed by atoms with E-state index in [0.717, 1.165) is 18.4 Å². The highest BCUT2D eigenvalue weighted by molar-refractivity contribution is 6.07. The lowest BCUT2D eigenvalue weighted by Crippen LogP contribution is -1.99. The Morgan fingerprint density at radius 2 is 1.96 bits per heavy atom. The van der Waals surface area contributed by atoms with E-state index in [1.165, 1.54) is 25.7 Å². The van der Waals surface area contributed by atoms with Crippen molar-refractivity contribution in [3.8, 4) is 0 Å². The summed E-state index contributed by atoms with van der Waals surface area (Å²) in [6.07, 6.45) is 21.1. The average Bonchev–Trinajstić information content (AvgIpc) is 2.86. The van der Waals surface area contributed by atoms with Crippen molar-refractivity contribution in [3.05, 3.63) is 48.1 Å². The van der Waals surface area contributed by atoms with Crippen molar-refractivity contribution in [2.75, 3.05) is 0 Å². The lowest BCUT2D eigenvalue weighted by atomic mass is 10.00. The van der Waals surface area contributed by atoms with Crippen molar-refractivity contribution in [1.82, 2.24) is 0 Å². The molecule has 0 spiro atoms. The second-order valence-electron chi connectivity index (χ2n) is 5.86. The minimum Gasteiger partial charge on any atom is -0.481 e. The third kappa shape index (κ3) is 8.34. The van der Waals surface area contributed by atoms with E-state index in [-0.39, 0.29) is 18.1 Å². The molecule has 0 aliphatic heterocycles. The van der Waals surface area contributed by atoms with Crippen molar-refractivity contribution in [1.29, 1.82) is 0 Å². The van der Waals surface area contributed by atoms with Gasteiger partial charge in [-0.15, -0.1) is 0 Å². The highest BCUT2D eigenvalue weighted by Crippen LogP contribution is 2.23. The van der Waals surface area contributed by atoms with Gasteiger partial charge in [0.15, 0.2) is 5.78 Å². The number of allylic oxidation sites excluding steroid dienone is 8. The quantitative estimate of drug-likeness (QED) is 0.331. The Kier molecular flexibility index (Phi) is 9.69. The standard InChI is InChI=1S/C20H28O3/c1-2-3-4-5-6-9-12-17-15-16-19(21)18(17)13-10-7-8-11-14-20(22)23/h7,9-10,12-13,15-17H,2-6,8,11,14H2,1H3,(H,22,23). The summed E-state index contributed by atoms with van der Waals surface area (Å²) in [6, 6.07) is 0. The summed E-state index contributed by atoms with van der Waals surface area (Å²) in [5, 5.41) is 8.57. The van der Waals surface area contributed by atoms with Crippen LogP contribution in [0.25, 0.3) is 0 Å². The first-order valence-electron chi connectivity index (χ1n) is 8.63. The fraction of sp³-hybridized carbons (Fsp3) is 0.500. The molecule has 0 saturated heterocycles. The summed E-state index contributed by atoms with van der Waals surface area (Å²) in [4.78, 5) is 22.3. The third-order valence-electron chi connectivity index (χ3n) is 3.84. The maximum Gasteiger partial charge on any atom is 0.303 e. The van der Waals surface area contributed by atoms with Crippen molar-refractivity contribution < 1.29 is 14.7 Å². The maximum absolute atomic E-state index is 11.9. The highest BCUT2D eigenvalue weighted by Gasteiger charge is 2.19. The Bertz CT molecular complexity index is 495. The monoisotopic (exact) mass is 316 g/mol. The van der Waals surface area contributed by atoms with E-state index in [0.29, 0.717) is 6.42 Å². The Balaban J connectivity index is 2.40. The number of carboxylic acids is 1. The Morgan fingerprint density at radius 3 is 2.70 bits per heavy atom. The number of aliphatic carboxylic acids is 1. The summed E-state index contributed by atoms with van der Waals surface area (Å²) >= 11 is 0. The van der Waals surface area contributed by atoms with E-state index in [2.05, 4.69) is 19.1 Å². The Hall–Kier alpha value is -1.90. The van der Waals surface area contributed by atoms with Crippen molar-refractivity contribution >= 4 is 11.8 Å². The van der Waals surface area contributed by atoms with E-state index in [4.69, 9.17) is 5.11 Å². The lowest BCUT2D eigenvalue weighted by Gasteiger charge is -2.03. The van der Waals surface area contributed by atoms with Crippen LogP contribution in [0.3, 0.4) is 0 Å². The van der Waals surface area contributed by atoms with E-state index in [1.807, 2.05) is 24.3 Å². The first kappa shape index (κ1) is 19.1. The molecule has 3 nitrogen and oxygen atoms in total. The summed E-state index contributed by atoms with van der Waals surface area (Å²) in [7, 11) is 0. The van der Waals surface area contributed by atoms with Gasteiger partial charge < -0.3 is 5.11 Å². The molecule has 0 radical (unpaired) electrons. The molecule has 1 aliphatic rings. The molecule has 0 amide bonds. The molecule has 0 heterocycles. The highest BCUT2D eigenvalue weighted by atomic mass is 16.4. The van der Waals surface area contributed by atoms with Gasteiger partial charge in [0.25, 0.3) is 0 Å². The number of carboxylic acid groups (broad SMARTS) is 1. The van der Waals surface area contributed by atoms with Crippen LogP contribution in [0, 0.1) is 5.92 Å². The second-order valence-corrected chi connectivity index (χ2v) is 5.86.